The van der Waals surface area contributed by atoms with Gasteiger partial charge in [0.1, 0.15) is 5.60 Å². The molecule has 1 aromatic carbocycles. The monoisotopic (exact) mass is 361 g/mol. The third kappa shape index (κ3) is 10.9. The highest BCUT2D eigenvalue weighted by molar-refractivity contribution is 5.91. The number of hydrogen-bond donors (Lipinski definition) is 3. The summed E-state index contributed by atoms with van der Waals surface area (Å²) in [6.07, 6.45) is 2.75. The molecule has 0 atom stereocenters. The number of amides is 3. The summed E-state index contributed by atoms with van der Waals surface area (Å²) in [5.74, 6) is -0.440. The molecule has 0 aliphatic heterocycles. The van der Waals surface area contributed by atoms with Gasteiger partial charge >= 0.3 is 6.09 Å². The number of carbonyl (C=O) groups is 3. The van der Waals surface area contributed by atoms with Crippen LogP contribution in [0.1, 0.15) is 32.8 Å². The van der Waals surface area contributed by atoms with E-state index in [1.807, 2.05) is 30.3 Å². The first-order valence-electron chi connectivity index (χ1n) is 8.51. The lowest BCUT2D eigenvalue weighted by atomic mass is 10.2. The van der Waals surface area contributed by atoms with Crippen molar-refractivity contribution in [2.75, 3.05) is 19.6 Å². The van der Waals surface area contributed by atoms with Crippen LogP contribution in [0.3, 0.4) is 0 Å². The number of rotatable bonds is 8. The lowest BCUT2D eigenvalue weighted by Crippen LogP contribution is -2.37. The summed E-state index contributed by atoms with van der Waals surface area (Å²) in [4.78, 5) is 34.7. The topological polar surface area (TPSA) is 96.5 Å². The van der Waals surface area contributed by atoms with E-state index in [-0.39, 0.29) is 24.8 Å². The van der Waals surface area contributed by atoms with Crippen molar-refractivity contribution in [3.8, 4) is 0 Å². The average Bonchev–Trinajstić information content (AvgIpc) is 2.56. The number of ether oxygens (including phenoxy) is 1. The SMILES string of the molecule is CC(C)(C)OC(=O)NCCC(=O)NCCNC(=O)/C=C/c1ccccc1. The Kier molecular flexibility index (Phi) is 8.91. The number of hydrogen-bond acceptors (Lipinski definition) is 4. The van der Waals surface area contributed by atoms with Gasteiger partial charge in [-0.15, -0.1) is 0 Å². The third-order valence-electron chi connectivity index (χ3n) is 2.99. The quantitative estimate of drug-likeness (QED) is 0.486. The van der Waals surface area contributed by atoms with Crippen LogP contribution in [0, 0.1) is 0 Å². The number of nitrogens with one attached hydrogen (secondary N) is 3. The molecule has 142 valence electrons. The van der Waals surface area contributed by atoms with E-state index in [1.165, 1.54) is 6.08 Å². The lowest BCUT2D eigenvalue weighted by molar-refractivity contribution is -0.121. The highest BCUT2D eigenvalue weighted by atomic mass is 16.6. The fourth-order valence-electron chi connectivity index (χ4n) is 1.86. The first-order valence-corrected chi connectivity index (χ1v) is 8.51. The molecule has 0 spiro atoms. The molecule has 0 saturated carbocycles. The Hall–Kier alpha value is -2.83. The van der Waals surface area contributed by atoms with Crippen molar-refractivity contribution in [1.82, 2.24) is 16.0 Å². The van der Waals surface area contributed by atoms with Crippen molar-refractivity contribution in [1.29, 1.82) is 0 Å². The summed E-state index contributed by atoms with van der Waals surface area (Å²) in [7, 11) is 0. The van der Waals surface area contributed by atoms with Crippen LogP contribution in [0.15, 0.2) is 36.4 Å². The van der Waals surface area contributed by atoms with Crippen molar-refractivity contribution in [2.24, 2.45) is 0 Å². The molecule has 1 aromatic rings. The Morgan fingerprint density at radius 1 is 0.962 bits per heavy atom. The standard InChI is InChI=1S/C19H27N3O4/c1-19(2,3)26-18(25)22-12-11-17(24)21-14-13-20-16(23)10-9-15-7-5-4-6-8-15/h4-10H,11-14H2,1-3H3,(H,20,23)(H,21,24)(H,22,25)/b10-9+. The molecule has 0 aliphatic rings. The molecule has 7 heteroatoms. The number of benzene rings is 1. The fraction of sp³-hybridized carbons (Fsp3) is 0.421. The summed E-state index contributed by atoms with van der Waals surface area (Å²) in [5, 5.41) is 7.85. The predicted molar refractivity (Wildman–Crippen MR) is 100 cm³/mol. The van der Waals surface area contributed by atoms with Crippen molar-refractivity contribution < 1.29 is 19.1 Å². The smallest absolute Gasteiger partial charge is 0.407 e. The van der Waals surface area contributed by atoms with E-state index in [0.717, 1.165) is 5.56 Å². The number of carbonyl (C=O) groups excluding carboxylic acids is 3. The van der Waals surface area contributed by atoms with E-state index in [1.54, 1.807) is 26.8 Å². The van der Waals surface area contributed by atoms with E-state index in [0.29, 0.717) is 13.1 Å². The van der Waals surface area contributed by atoms with Crippen LogP contribution < -0.4 is 16.0 Å². The highest BCUT2D eigenvalue weighted by Crippen LogP contribution is 2.06. The Labute approximate surface area is 154 Å². The zero-order chi connectivity index (χ0) is 19.4. The summed E-state index contributed by atoms with van der Waals surface area (Å²) in [6, 6.07) is 9.49. The summed E-state index contributed by atoms with van der Waals surface area (Å²) in [5.41, 5.74) is 0.368. The normalized spacial score (nSPS) is 11.0. The minimum atomic E-state index is -0.570. The van der Waals surface area contributed by atoms with E-state index in [9.17, 15) is 14.4 Å². The van der Waals surface area contributed by atoms with Crippen molar-refractivity contribution in [3.63, 3.8) is 0 Å². The van der Waals surface area contributed by atoms with E-state index >= 15 is 0 Å². The molecular formula is C19H27N3O4. The second-order valence-corrected chi connectivity index (χ2v) is 6.56. The molecule has 0 saturated heterocycles. The Morgan fingerprint density at radius 2 is 1.62 bits per heavy atom. The zero-order valence-corrected chi connectivity index (χ0v) is 15.5. The van der Waals surface area contributed by atoms with Crippen molar-refractivity contribution in [3.05, 3.63) is 42.0 Å². The Bertz CT molecular complexity index is 621. The maximum absolute atomic E-state index is 11.7. The molecule has 3 N–H and O–H groups in total. The zero-order valence-electron chi connectivity index (χ0n) is 15.5. The molecule has 26 heavy (non-hydrogen) atoms. The fourth-order valence-corrected chi connectivity index (χ4v) is 1.86. The highest BCUT2D eigenvalue weighted by Gasteiger charge is 2.15. The van der Waals surface area contributed by atoms with Gasteiger partial charge in [0, 0.05) is 32.1 Å². The average molecular weight is 361 g/mol. The molecule has 0 fully saturated rings. The molecule has 3 amide bonds. The Morgan fingerprint density at radius 3 is 2.27 bits per heavy atom. The van der Waals surface area contributed by atoms with Crippen LogP contribution in [0.4, 0.5) is 4.79 Å². The summed E-state index contributed by atoms with van der Waals surface area (Å²) in [6.45, 7) is 6.13. The van der Waals surface area contributed by atoms with Gasteiger partial charge in [0.25, 0.3) is 0 Å². The van der Waals surface area contributed by atoms with Gasteiger partial charge in [-0.05, 0) is 32.4 Å². The minimum absolute atomic E-state index is 0.140. The van der Waals surface area contributed by atoms with Gasteiger partial charge in [0.2, 0.25) is 11.8 Å². The number of alkyl carbamates (subject to hydrolysis) is 1. The van der Waals surface area contributed by atoms with Gasteiger partial charge in [-0.3, -0.25) is 9.59 Å². The summed E-state index contributed by atoms with van der Waals surface area (Å²) >= 11 is 0. The predicted octanol–water partition coefficient (Wildman–Crippen LogP) is 1.85. The van der Waals surface area contributed by atoms with Crippen molar-refractivity contribution in [2.45, 2.75) is 32.8 Å². The minimum Gasteiger partial charge on any atom is -0.444 e. The molecular weight excluding hydrogens is 334 g/mol. The van der Waals surface area contributed by atoms with Gasteiger partial charge in [0.05, 0.1) is 0 Å². The molecule has 0 bridgehead atoms. The molecule has 0 unspecified atom stereocenters. The van der Waals surface area contributed by atoms with Gasteiger partial charge in [-0.2, -0.15) is 0 Å². The lowest BCUT2D eigenvalue weighted by Gasteiger charge is -2.19. The third-order valence-corrected chi connectivity index (χ3v) is 2.99. The van der Waals surface area contributed by atoms with Gasteiger partial charge < -0.3 is 20.7 Å². The van der Waals surface area contributed by atoms with Gasteiger partial charge in [-0.1, -0.05) is 30.3 Å². The van der Waals surface area contributed by atoms with Crippen LogP contribution in [0.2, 0.25) is 0 Å². The van der Waals surface area contributed by atoms with Crippen LogP contribution >= 0.6 is 0 Å². The van der Waals surface area contributed by atoms with E-state index < -0.39 is 11.7 Å². The molecule has 0 aliphatic carbocycles. The maximum Gasteiger partial charge on any atom is 0.407 e. The molecule has 0 aromatic heterocycles. The van der Waals surface area contributed by atoms with Crippen LogP contribution in [0.25, 0.3) is 6.08 Å². The van der Waals surface area contributed by atoms with Gasteiger partial charge in [-0.25, -0.2) is 4.79 Å². The van der Waals surface area contributed by atoms with E-state index in [2.05, 4.69) is 16.0 Å². The van der Waals surface area contributed by atoms with Crippen LogP contribution in [0.5, 0.6) is 0 Å². The second kappa shape index (κ2) is 10.9. The molecule has 1 rings (SSSR count). The molecule has 0 radical (unpaired) electrons. The largest absolute Gasteiger partial charge is 0.444 e. The van der Waals surface area contributed by atoms with E-state index in [4.69, 9.17) is 4.74 Å². The molecule has 0 heterocycles. The van der Waals surface area contributed by atoms with Gasteiger partial charge in [0.15, 0.2) is 0 Å². The van der Waals surface area contributed by atoms with Crippen molar-refractivity contribution >= 4 is 24.0 Å². The van der Waals surface area contributed by atoms with Crippen LogP contribution in [-0.2, 0) is 14.3 Å². The summed E-state index contributed by atoms with van der Waals surface area (Å²) < 4.78 is 5.06. The second-order valence-electron chi connectivity index (χ2n) is 6.56. The first kappa shape index (κ1) is 21.2. The molecule has 7 nitrogen and oxygen atoms in total. The maximum atomic E-state index is 11.7. The Balaban J connectivity index is 2.10. The van der Waals surface area contributed by atoms with Crippen LogP contribution in [-0.4, -0.2) is 43.1 Å². The first-order chi connectivity index (χ1) is 12.3.